The molecule has 0 atom stereocenters. The van der Waals surface area contributed by atoms with Crippen molar-refractivity contribution in [3.63, 3.8) is 0 Å². The summed E-state index contributed by atoms with van der Waals surface area (Å²) in [6.07, 6.45) is 0. The lowest BCUT2D eigenvalue weighted by Crippen LogP contribution is -3.13. The second-order valence-corrected chi connectivity index (χ2v) is 3.76. The molecular weight excluding hydrogens is 214 g/mol. The van der Waals surface area contributed by atoms with Gasteiger partial charge in [0.05, 0.1) is 18.8 Å². The van der Waals surface area contributed by atoms with Crippen LogP contribution in [0.25, 0.3) is 0 Å². The quantitative estimate of drug-likeness (QED) is 0.489. The summed E-state index contributed by atoms with van der Waals surface area (Å²) >= 11 is 0. The van der Waals surface area contributed by atoms with Gasteiger partial charge < -0.3 is 19.7 Å². The van der Waals surface area contributed by atoms with E-state index < -0.39 is 17.1 Å². The average Bonchev–Trinajstić information content (AvgIpc) is 2.25. The molecule has 1 saturated heterocycles. The third-order valence-electron chi connectivity index (χ3n) is 2.63. The van der Waals surface area contributed by atoms with Crippen molar-refractivity contribution in [2.45, 2.75) is 6.54 Å². The predicted molar refractivity (Wildman–Crippen MR) is 52.3 cm³/mol. The number of nitrogens with one attached hydrogen (secondary N) is 3. The standard InChI is InChI=1S/C9H13N3O4/c13-7-6(8(14)11-9(15)10-7)5-12-1-3-16-4-2-12/h1-5H2,(H3,10,11,13,14,15). The van der Waals surface area contributed by atoms with Crippen LogP contribution in [-0.2, 0) is 11.3 Å². The van der Waals surface area contributed by atoms with Gasteiger partial charge in [0.2, 0.25) is 0 Å². The lowest BCUT2D eigenvalue weighted by atomic mass is 10.2. The lowest BCUT2D eigenvalue weighted by molar-refractivity contribution is -0.921. The van der Waals surface area contributed by atoms with Crippen molar-refractivity contribution in [2.75, 3.05) is 26.3 Å². The molecule has 0 unspecified atom stereocenters. The Balaban J connectivity index is 2.20. The summed E-state index contributed by atoms with van der Waals surface area (Å²) in [4.78, 5) is 27.5. The topological polar surface area (TPSA) is 102 Å². The van der Waals surface area contributed by atoms with Crippen molar-refractivity contribution in [1.29, 1.82) is 0 Å². The monoisotopic (exact) mass is 227 g/mol. The Kier molecular flexibility index (Phi) is 3.07. The zero-order chi connectivity index (χ0) is 11.5. The highest BCUT2D eigenvalue weighted by Crippen LogP contribution is 1.97. The van der Waals surface area contributed by atoms with Gasteiger partial charge in [-0.1, -0.05) is 0 Å². The van der Waals surface area contributed by atoms with Gasteiger partial charge in [0.15, 0.2) is 0 Å². The highest BCUT2D eigenvalue weighted by molar-refractivity contribution is 5.17. The molecule has 3 N–H and O–H groups in total. The Morgan fingerprint density at radius 3 is 2.56 bits per heavy atom. The van der Waals surface area contributed by atoms with Gasteiger partial charge in [0.1, 0.15) is 19.6 Å². The smallest absolute Gasteiger partial charge is 0.325 e. The molecule has 1 aliphatic heterocycles. The van der Waals surface area contributed by atoms with Gasteiger partial charge in [-0.25, -0.2) is 4.79 Å². The highest BCUT2D eigenvalue weighted by atomic mass is 16.5. The van der Waals surface area contributed by atoms with E-state index in [1.165, 1.54) is 0 Å². The number of ether oxygens (including phenoxy) is 1. The number of hydrogen-bond acceptors (Lipinski definition) is 4. The normalized spacial score (nSPS) is 17.5. The van der Waals surface area contributed by atoms with Crippen LogP contribution in [0.15, 0.2) is 9.59 Å². The molecule has 7 heteroatoms. The lowest BCUT2D eigenvalue weighted by Gasteiger charge is -2.24. The highest BCUT2D eigenvalue weighted by Gasteiger charge is 2.16. The number of rotatable bonds is 2. The van der Waals surface area contributed by atoms with Crippen LogP contribution in [0.2, 0.25) is 0 Å². The zero-order valence-electron chi connectivity index (χ0n) is 8.67. The van der Waals surface area contributed by atoms with Crippen LogP contribution in [-0.4, -0.2) is 36.3 Å². The molecule has 0 spiro atoms. The first-order valence-electron chi connectivity index (χ1n) is 5.10. The molecule has 0 saturated carbocycles. The molecule has 0 radical (unpaired) electrons. The summed E-state index contributed by atoms with van der Waals surface area (Å²) in [6.45, 7) is 3.11. The summed E-state index contributed by atoms with van der Waals surface area (Å²) in [7, 11) is 0. The fourth-order valence-corrected chi connectivity index (χ4v) is 1.74. The molecule has 1 fully saturated rings. The number of aromatic amines is 2. The summed E-state index contributed by atoms with van der Waals surface area (Å²) in [5, 5.41) is 11.4. The molecular formula is C9H13N3O4. The van der Waals surface area contributed by atoms with Gasteiger partial charge in [-0.2, -0.15) is 0 Å². The van der Waals surface area contributed by atoms with Crippen LogP contribution < -0.4 is 21.3 Å². The maximum Gasteiger partial charge on any atom is 0.325 e. The molecule has 0 bridgehead atoms. The Hall–Kier alpha value is -1.60. The van der Waals surface area contributed by atoms with Gasteiger partial charge in [0.25, 0.3) is 5.56 Å². The van der Waals surface area contributed by atoms with Gasteiger partial charge >= 0.3 is 5.69 Å². The van der Waals surface area contributed by atoms with E-state index in [1.54, 1.807) is 0 Å². The zero-order valence-corrected chi connectivity index (χ0v) is 8.67. The van der Waals surface area contributed by atoms with E-state index in [-0.39, 0.29) is 5.56 Å². The van der Waals surface area contributed by atoms with Crippen LogP contribution in [0.5, 0.6) is 5.88 Å². The van der Waals surface area contributed by atoms with Gasteiger partial charge in [0, 0.05) is 0 Å². The fourth-order valence-electron chi connectivity index (χ4n) is 1.74. The first-order valence-corrected chi connectivity index (χ1v) is 5.10. The maximum absolute atomic E-state index is 11.4. The maximum atomic E-state index is 11.4. The second kappa shape index (κ2) is 4.50. The van der Waals surface area contributed by atoms with E-state index >= 15 is 0 Å². The molecule has 1 aliphatic rings. The molecule has 1 aromatic rings. The van der Waals surface area contributed by atoms with E-state index in [0.29, 0.717) is 19.8 Å². The van der Waals surface area contributed by atoms with Crippen molar-refractivity contribution in [2.24, 2.45) is 0 Å². The van der Waals surface area contributed by atoms with Crippen molar-refractivity contribution in [3.8, 4) is 5.88 Å². The Bertz CT molecular complexity index is 472. The second-order valence-electron chi connectivity index (χ2n) is 3.76. The Morgan fingerprint density at radius 2 is 1.94 bits per heavy atom. The van der Waals surface area contributed by atoms with Crippen molar-refractivity contribution >= 4 is 0 Å². The van der Waals surface area contributed by atoms with Crippen LogP contribution in [0, 0.1) is 0 Å². The predicted octanol–water partition coefficient (Wildman–Crippen LogP) is -3.45. The van der Waals surface area contributed by atoms with Gasteiger partial charge in [-0.3, -0.25) is 9.78 Å². The van der Waals surface area contributed by atoms with E-state index in [1.807, 2.05) is 0 Å². The third-order valence-corrected chi connectivity index (χ3v) is 2.63. The largest absolute Gasteiger partial charge is 0.860 e. The van der Waals surface area contributed by atoms with E-state index in [9.17, 15) is 14.7 Å². The third kappa shape index (κ3) is 2.31. The summed E-state index contributed by atoms with van der Waals surface area (Å²) in [6, 6.07) is 0. The van der Waals surface area contributed by atoms with E-state index in [0.717, 1.165) is 18.0 Å². The molecule has 7 nitrogen and oxygen atoms in total. The molecule has 1 aromatic heterocycles. The number of quaternary nitrogens is 1. The number of aromatic nitrogens is 2. The summed E-state index contributed by atoms with van der Waals surface area (Å²) in [5.74, 6) is -0.590. The number of morpholine rings is 1. The number of hydrogen-bond donors (Lipinski definition) is 3. The minimum Gasteiger partial charge on any atom is -0.860 e. The van der Waals surface area contributed by atoms with E-state index in [2.05, 4.69) is 9.97 Å². The molecule has 0 aliphatic carbocycles. The van der Waals surface area contributed by atoms with Crippen molar-refractivity contribution in [1.82, 2.24) is 9.97 Å². The minimum atomic E-state index is -0.754. The Morgan fingerprint density at radius 1 is 1.25 bits per heavy atom. The average molecular weight is 227 g/mol. The van der Waals surface area contributed by atoms with Crippen LogP contribution in [0.4, 0.5) is 0 Å². The van der Waals surface area contributed by atoms with Crippen LogP contribution in [0.1, 0.15) is 5.56 Å². The fraction of sp³-hybridized carbons (Fsp3) is 0.556. The first kappa shape index (κ1) is 10.9. The molecule has 16 heavy (non-hydrogen) atoms. The van der Waals surface area contributed by atoms with Crippen molar-refractivity contribution in [3.05, 3.63) is 26.4 Å². The van der Waals surface area contributed by atoms with Crippen molar-refractivity contribution < 1.29 is 14.7 Å². The molecule has 0 aromatic carbocycles. The first-order chi connectivity index (χ1) is 7.66. The summed E-state index contributed by atoms with van der Waals surface area (Å²) in [5.41, 5.74) is -1.24. The van der Waals surface area contributed by atoms with Crippen LogP contribution in [0.3, 0.4) is 0 Å². The summed E-state index contributed by atoms with van der Waals surface area (Å²) < 4.78 is 5.17. The molecule has 0 amide bonds. The van der Waals surface area contributed by atoms with Gasteiger partial charge in [-0.15, -0.1) is 0 Å². The number of H-pyrrole nitrogens is 2. The van der Waals surface area contributed by atoms with Gasteiger partial charge in [-0.05, 0) is 5.88 Å². The van der Waals surface area contributed by atoms with Crippen LogP contribution >= 0.6 is 0 Å². The Labute approximate surface area is 90.7 Å². The SMILES string of the molecule is O=c1[nH]c([O-])c(C[NH+]2CCOCC2)c(=O)[nH]1. The molecule has 2 heterocycles. The molecule has 2 rings (SSSR count). The van der Waals surface area contributed by atoms with E-state index in [4.69, 9.17) is 4.74 Å². The minimum absolute atomic E-state index is 0.108. The molecule has 88 valence electrons.